The number of ether oxygens (including phenoxy) is 2. The fourth-order valence-corrected chi connectivity index (χ4v) is 3.22. The summed E-state index contributed by atoms with van der Waals surface area (Å²) < 4.78 is 14.0. The van der Waals surface area contributed by atoms with Crippen LogP contribution in [0.2, 0.25) is 10.0 Å². The first-order chi connectivity index (χ1) is 10.6. The summed E-state index contributed by atoms with van der Waals surface area (Å²) in [6.07, 6.45) is 5.12. The third-order valence-corrected chi connectivity index (χ3v) is 4.20. The van der Waals surface area contributed by atoms with E-state index in [1.807, 2.05) is 6.07 Å². The molecule has 2 aromatic rings. The topological polar surface area (TPSA) is 49.2 Å². The van der Waals surface area contributed by atoms with Gasteiger partial charge in [0.2, 0.25) is 5.79 Å². The van der Waals surface area contributed by atoms with Crippen LogP contribution in [0.25, 0.3) is 0 Å². The number of hydrogen-bond donors (Lipinski definition) is 0. The molecule has 23 heavy (non-hydrogen) atoms. The summed E-state index contributed by atoms with van der Waals surface area (Å²) in [5, 5.41) is 5.24. The molecular formula is C15H18Cl2N3NaO2. The summed E-state index contributed by atoms with van der Waals surface area (Å²) in [5.74, 6) is -0.963. The molecule has 0 N–H and O–H groups in total. The minimum Gasteiger partial charge on any atom is -1.00 e. The van der Waals surface area contributed by atoms with Crippen molar-refractivity contribution < 1.29 is 40.5 Å². The molecule has 2 atom stereocenters. The predicted octanol–water partition coefficient (Wildman–Crippen LogP) is 0.770. The Morgan fingerprint density at radius 1 is 1.43 bits per heavy atom. The average molecular weight is 366 g/mol. The summed E-state index contributed by atoms with van der Waals surface area (Å²) in [6.45, 7) is 3.03. The van der Waals surface area contributed by atoms with E-state index in [2.05, 4.69) is 17.0 Å². The van der Waals surface area contributed by atoms with Crippen LogP contribution in [0, 0.1) is 0 Å². The van der Waals surface area contributed by atoms with Gasteiger partial charge < -0.3 is 10.9 Å². The molecule has 1 aromatic heterocycles. The smallest absolute Gasteiger partial charge is 1.00 e. The van der Waals surface area contributed by atoms with E-state index in [0.717, 1.165) is 18.4 Å². The monoisotopic (exact) mass is 365 g/mol. The first-order valence-electron chi connectivity index (χ1n) is 7.22. The maximum absolute atomic E-state index is 6.37. The predicted molar refractivity (Wildman–Crippen MR) is 85.0 cm³/mol. The van der Waals surface area contributed by atoms with Crippen LogP contribution in [0.4, 0.5) is 0 Å². The first kappa shape index (κ1) is 19.2. The second-order valence-corrected chi connectivity index (χ2v) is 6.15. The standard InChI is InChI=1S/C15H17Cl2N3O2.Na.H/c1-2-3-12-7-21-15(22-12,8-20-10-18-9-19-20)13-5-4-11(16)6-14(13)17;;/h4-6,9-10,12H,2-3,7-8H2,1H3;;/q;+1;-1. The van der Waals surface area contributed by atoms with Crippen LogP contribution in [0.5, 0.6) is 0 Å². The number of halogens is 2. The Labute approximate surface area is 169 Å². The fraction of sp³-hybridized carbons (Fsp3) is 0.467. The zero-order valence-corrected chi connectivity index (χ0v) is 16.7. The van der Waals surface area contributed by atoms with Gasteiger partial charge in [0.15, 0.2) is 0 Å². The summed E-state index contributed by atoms with van der Waals surface area (Å²) in [7, 11) is 0. The second kappa shape index (κ2) is 8.30. The van der Waals surface area contributed by atoms with Crippen molar-refractivity contribution in [2.45, 2.75) is 38.2 Å². The SMILES string of the molecule is CCCC1COC(Cn2cncn2)(c2ccc(Cl)cc2Cl)O1.[H-].[Na+]. The number of nitrogens with zero attached hydrogens (tertiary/aromatic N) is 3. The Kier molecular flexibility index (Phi) is 6.92. The Hall–Kier alpha value is -0.140. The van der Waals surface area contributed by atoms with Crippen LogP contribution in [0.1, 0.15) is 26.8 Å². The Balaban J connectivity index is 0.00000144. The van der Waals surface area contributed by atoms with Crippen LogP contribution < -0.4 is 29.6 Å². The largest absolute Gasteiger partial charge is 1.00 e. The molecule has 1 aliphatic heterocycles. The van der Waals surface area contributed by atoms with Gasteiger partial charge in [0.1, 0.15) is 19.2 Å². The summed E-state index contributed by atoms with van der Waals surface area (Å²) in [4.78, 5) is 3.97. The third-order valence-electron chi connectivity index (χ3n) is 3.65. The van der Waals surface area contributed by atoms with E-state index in [1.165, 1.54) is 6.33 Å². The number of rotatable bonds is 5. The van der Waals surface area contributed by atoms with Crippen molar-refractivity contribution in [3.63, 3.8) is 0 Å². The van der Waals surface area contributed by atoms with Crippen molar-refractivity contribution in [2.75, 3.05) is 6.61 Å². The van der Waals surface area contributed by atoms with E-state index in [0.29, 0.717) is 23.2 Å². The van der Waals surface area contributed by atoms with Crippen molar-refractivity contribution >= 4 is 23.2 Å². The van der Waals surface area contributed by atoms with Gasteiger partial charge in [0, 0.05) is 10.6 Å². The Morgan fingerprint density at radius 3 is 2.91 bits per heavy atom. The van der Waals surface area contributed by atoms with E-state index in [-0.39, 0.29) is 37.1 Å². The summed E-state index contributed by atoms with van der Waals surface area (Å²) in [5.41, 5.74) is 0.757. The molecule has 1 saturated heterocycles. The molecule has 0 aliphatic carbocycles. The molecular weight excluding hydrogens is 348 g/mol. The van der Waals surface area contributed by atoms with Crippen molar-refractivity contribution in [2.24, 2.45) is 0 Å². The minimum atomic E-state index is -0.963. The first-order valence-corrected chi connectivity index (χ1v) is 7.98. The molecule has 0 spiro atoms. The molecule has 0 radical (unpaired) electrons. The van der Waals surface area contributed by atoms with Crippen LogP contribution >= 0.6 is 23.2 Å². The van der Waals surface area contributed by atoms with Gasteiger partial charge in [-0.3, -0.25) is 0 Å². The van der Waals surface area contributed by atoms with Crippen molar-refractivity contribution in [1.29, 1.82) is 0 Å². The van der Waals surface area contributed by atoms with E-state index in [4.69, 9.17) is 32.7 Å². The molecule has 2 heterocycles. The Morgan fingerprint density at radius 2 is 2.26 bits per heavy atom. The molecule has 2 unspecified atom stereocenters. The maximum atomic E-state index is 6.37. The van der Waals surface area contributed by atoms with Crippen molar-refractivity contribution in [3.8, 4) is 0 Å². The molecule has 0 bridgehead atoms. The molecule has 0 saturated carbocycles. The normalized spacial score (nSPS) is 23.7. The number of benzene rings is 1. The van der Waals surface area contributed by atoms with Crippen LogP contribution in [-0.4, -0.2) is 27.5 Å². The van der Waals surface area contributed by atoms with Gasteiger partial charge in [-0.1, -0.05) is 42.6 Å². The van der Waals surface area contributed by atoms with Crippen LogP contribution in [-0.2, 0) is 21.8 Å². The van der Waals surface area contributed by atoms with Gasteiger partial charge >= 0.3 is 29.6 Å². The third kappa shape index (κ3) is 4.28. The van der Waals surface area contributed by atoms with E-state index >= 15 is 0 Å². The van der Waals surface area contributed by atoms with E-state index in [9.17, 15) is 0 Å². The number of aromatic nitrogens is 3. The van der Waals surface area contributed by atoms with Gasteiger partial charge in [0.05, 0.1) is 17.7 Å². The summed E-state index contributed by atoms with van der Waals surface area (Å²) in [6, 6.07) is 5.32. The maximum Gasteiger partial charge on any atom is 1.00 e. The Bertz CT molecular complexity index is 648. The minimum absolute atomic E-state index is 0. The molecule has 1 aliphatic rings. The van der Waals surface area contributed by atoms with Crippen LogP contribution in [0.15, 0.2) is 30.9 Å². The molecule has 3 rings (SSSR count). The van der Waals surface area contributed by atoms with Gasteiger partial charge in [-0.05, 0) is 18.6 Å². The van der Waals surface area contributed by atoms with Gasteiger partial charge in [-0.2, -0.15) is 5.10 Å². The van der Waals surface area contributed by atoms with E-state index in [1.54, 1.807) is 23.1 Å². The summed E-state index contributed by atoms with van der Waals surface area (Å²) >= 11 is 12.4. The van der Waals surface area contributed by atoms with Gasteiger partial charge in [-0.25, -0.2) is 9.67 Å². The van der Waals surface area contributed by atoms with Crippen molar-refractivity contribution in [1.82, 2.24) is 14.8 Å². The van der Waals surface area contributed by atoms with Gasteiger partial charge in [-0.15, -0.1) is 0 Å². The van der Waals surface area contributed by atoms with Crippen molar-refractivity contribution in [3.05, 3.63) is 46.5 Å². The molecule has 0 amide bonds. The molecule has 8 heteroatoms. The quantitative estimate of drug-likeness (QED) is 0.734. The van der Waals surface area contributed by atoms with Gasteiger partial charge in [0.25, 0.3) is 0 Å². The average Bonchev–Trinajstić information content (AvgIpc) is 3.10. The second-order valence-electron chi connectivity index (χ2n) is 5.31. The zero-order chi connectivity index (χ0) is 15.6. The molecule has 1 aromatic carbocycles. The molecule has 1 fully saturated rings. The van der Waals surface area contributed by atoms with Crippen LogP contribution in [0.3, 0.4) is 0 Å². The fourth-order valence-electron chi connectivity index (χ4n) is 2.66. The molecule has 120 valence electrons. The number of hydrogen-bond acceptors (Lipinski definition) is 4. The zero-order valence-electron chi connectivity index (χ0n) is 14.2. The molecule has 5 nitrogen and oxygen atoms in total. The van der Waals surface area contributed by atoms with E-state index < -0.39 is 5.79 Å².